The van der Waals surface area contributed by atoms with E-state index in [1.807, 2.05) is 6.07 Å². The molecule has 2 heterocycles. The zero-order chi connectivity index (χ0) is 13.8. The van der Waals surface area contributed by atoms with Gasteiger partial charge in [-0.1, -0.05) is 6.92 Å². The first-order chi connectivity index (χ1) is 9.10. The SMILES string of the molecule is CCc1ccc(C(=O)CN(C)C2CCCN(C)C2)s1. The number of nitrogens with zero attached hydrogens (tertiary/aromatic N) is 2. The molecule has 3 nitrogen and oxygen atoms in total. The van der Waals surface area contributed by atoms with Gasteiger partial charge in [-0.2, -0.15) is 0 Å². The van der Waals surface area contributed by atoms with Crippen molar-refractivity contribution in [1.29, 1.82) is 0 Å². The van der Waals surface area contributed by atoms with E-state index in [1.54, 1.807) is 11.3 Å². The van der Waals surface area contributed by atoms with E-state index >= 15 is 0 Å². The lowest BCUT2D eigenvalue weighted by Gasteiger charge is -2.35. The molecule has 1 saturated heterocycles. The van der Waals surface area contributed by atoms with Crippen LogP contribution in [0.25, 0.3) is 0 Å². The van der Waals surface area contributed by atoms with Gasteiger partial charge < -0.3 is 4.90 Å². The Morgan fingerprint density at radius 1 is 1.53 bits per heavy atom. The average molecular weight is 280 g/mol. The maximum atomic E-state index is 12.3. The molecule has 0 N–H and O–H groups in total. The number of rotatable bonds is 5. The zero-order valence-corrected chi connectivity index (χ0v) is 13.0. The summed E-state index contributed by atoms with van der Waals surface area (Å²) in [4.78, 5) is 19.1. The molecule has 1 unspecified atom stereocenters. The molecule has 106 valence electrons. The molecular weight excluding hydrogens is 256 g/mol. The molecular formula is C15H24N2OS. The molecule has 19 heavy (non-hydrogen) atoms. The highest BCUT2D eigenvalue weighted by atomic mass is 32.1. The fourth-order valence-corrected chi connectivity index (χ4v) is 3.53. The first kappa shape index (κ1) is 14.7. The van der Waals surface area contributed by atoms with Gasteiger partial charge in [-0.25, -0.2) is 0 Å². The number of carbonyl (C=O) groups excluding carboxylic acids is 1. The predicted molar refractivity (Wildman–Crippen MR) is 81.2 cm³/mol. The second kappa shape index (κ2) is 6.64. The van der Waals surface area contributed by atoms with Gasteiger partial charge in [0, 0.05) is 17.5 Å². The number of piperidine rings is 1. The first-order valence-corrected chi connectivity index (χ1v) is 7.92. The average Bonchev–Trinajstić information content (AvgIpc) is 2.87. The molecule has 1 atom stereocenters. The molecule has 1 aliphatic rings. The molecule has 1 aliphatic heterocycles. The van der Waals surface area contributed by atoms with Gasteiger partial charge in [-0.15, -0.1) is 11.3 Å². The summed E-state index contributed by atoms with van der Waals surface area (Å²) in [6.45, 7) is 4.93. The molecule has 4 heteroatoms. The Balaban J connectivity index is 1.90. The molecule has 1 fully saturated rings. The third kappa shape index (κ3) is 3.88. The second-order valence-corrected chi connectivity index (χ2v) is 6.68. The highest BCUT2D eigenvalue weighted by molar-refractivity contribution is 7.14. The first-order valence-electron chi connectivity index (χ1n) is 7.11. The van der Waals surface area contributed by atoms with Crippen LogP contribution in [0.2, 0.25) is 0 Å². The minimum atomic E-state index is 0.264. The highest BCUT2D eigenvalue weighted by Crippen LogP contribution is 2.19. The zero-order valence-electron chi connectivity index (χ0n) is 12.2. The summed E-state index contributed by atoms with van der Waals surface area (Å²) in [6.07, 6.45) is 3.46. The number of aryl methyl sites for hydroxylation is 1. The molecule has 0 saturated carbocycles. The van der Waals surface area contributed by atoms with Crippen LogP contribution < -0.4 is 0 Å². The van der Waals surface area contributed by atoms with E-state index in [2.05, 4.69) is 36.9 Å². The van der Waals surface area contributed by atoms with Crippen LogP contribution in [0.15, 0.2) is 12.1 Å². The maximum Gasteiger partial charge on any atom is 0.186 e. The fraction of sp³-hybridized carbons (Fsp3) is 0.667. The molecule has 0 aliphatic carbocycles. The largest absolute Gasteiger partial charge is 0.305 e. The molecule has 0 bridgehead atoms. The van der Waals surface area contributed by atoms with Gasteiger partial charge in [0.25, 0.3) is 0 Å². The van der Waals surface area contributed by atoms with Gasteiger partial charge in [0.2, 0.25) is 0 Å². The Bertz CT molecular complexity index is 430. The summed E-state index contributed by atoms with van der Waals surface area (Å²) in [5.41, 5.74) is 0. The van der Waals surface area contributed by atoms with Crippen molar-refractivity contribution in [2.75, 3.05) is 33.7 Å². The van der Waals surface area contributed by atoms with Crippen molar-refractivity contribution in [3.63, 3.8) is 0 Å². The van der Waals surface area contributed by atoms with Crippen molar-refractivity contribution in [1.82, 2.24) is 9.80 Å². The van der Waals surface area contributed by atoms with Gasteiger partial charge in [-0.05, 0) is 52.0 Å². The third-order valence-electron chi connectivity index (χ3n) is 3.90. The topological polar surface area (TPSA) is 23.6 Å². The Labute approximate surface area is 120 Å². The lowest BCUT2D eigenvalue weighted by Crippen LogP contribution is -2.46. The number of carbonyl (C=O) groups is 1. The minimum absolute atomic E-state index is 0.264. The van der Waals surface area contributed by atoms with Gasteiger partial charge in [0.05, 0.1) is 11.4 Å². The van der Waals surface area contributed by atoms with Gasteiger partial charge in [0.1, 0.15) is 0 Å². The maximum absolute atomic E-state index is 12.3. The minimum Gasteiger partial charge on any atom is -0.305 e. The number of ketones is 1. The lowest BCUT2D eigenvalue weighted by atomic mass is 10.0. The Hall–Kier alpha value is -0.710. The summed E-state index contributed by atoms with van der Waals surface area (Å²) >= 11 is 1.64. The van der Waals surface area contributed by atoms with Crippen molar-refractivity contribution >= 4 is 17.1 Å². The fourth-order valence-electron chi connectivity index (χ4n) is 2.65. The van der Waals surface area contributed by atoms with Crippen LogP contribution in [0, 0.1) is 0 Å². The van der Waals surface area contributed by atoms with Crippen molar-refractivity contribution in [3.8, 4) is 0 Å². The van der Waals surface area contributed by atoms with Crippen molar-refractivity contribution in [2.45, 2.75) is 32.2 Å². The number of likely N-dealkylation sites (N-methyl/N-ethyl adjacent to an activating group) is 2. The van der Waals surface area contributed by atoms with Crippen LogP contribution in [0.3, 0.4) is 0 Å². The van der Waals surface area contributed by atoms with Crippen molar-refractivity contribution in [2.24, 2.45) is 0 Å². The molecule has 2 rings (SSSR count). The Morgan fingerprint density at radius 3 is 2.95 bits per heavy atom. The van der Waals surface area contributed by atoms with Crippen LogP contribution in [0.4, 0.5) is 0 Å². The number of hydrogen-bond acceptors (Lipinski definition) is 4. The number of likely N-dealkylation sites (tertiary alicyclic amines) is 1. The molecule has 1 aromatic heterocycles. The number of Topliss-reactive ketones (excluding diaryl/α,β-unsaturated/α-hetero) is 1. The molecule has 0 radical (unpaired) electrons. The van der Waals surface area contributed by atoms with Crippen LogP contribution >= 0.6 is 11.3 Å². The molecule has 0 spiro atoms. The molecule has 0 amide bonds. The van der Waals surface area contributed by atoms with E-state index in [9.17, 15) is 4.79 Å². The van der Waals surface area contributed by atoms with E-state index in [4.69, 9.17) is 0 Å². The van der Waals surface area contributed by atoms with Gasteiger partial charge >= 0.3 is 0 Å². The predicted octanol–water partition coefficient (Wildman–Crippen LogP) is 2.52. The van der Waals surface area contributed by atoms with E-state index < -0.39 is 0 Å². The van der Waals surface area contributed by atoms with Crippen LogP contribution in [-0.2, 0) is 6.42 Å². The highest BCUT2D eigenvalue weighted by Gasteiger charge is 2.23. The number of thiophene rings is 1. The van der Waals surface area contributed by atoms with Crippen LogP contribution in [0.1, 0.15) is 34.3 Å². The van der Waals surface area contributed by atoms with Crippen LogP contribution in [-0.4, -0.2) is 55.4 Å². The smallest absolute Gasteiger partial charge is 0.186 e. The standard InChI is InChI=1S/C15H24N2OS/c1-4-13-7-8-15(19-13)14(18)11-17(3)12-6-5-9-16(2)10-12/h7-8,12H,4-6,9-11H2,1-3H3. The molecule has 1 aromatic rings. The summed E-state index contributed by atoms with van der Waals surface area (Å²) in [7, 11) is 4.24. The van der Waals surface area contributed by atoms with E-state index in [-0.39, 0.29) is 5.78 Å². The lowest BCUT2D eigenvalue weighted by molar-refractivity contribution is 0.0861. The van der Waals surface area contributed by atoms with Crippen molar-refractivity contribution in [3.05, 3.63) is 21.9 Å². The van der Waals surface area contributed by atoms with Gasteiger partial charge in [0.15, 0.2) is 5.78 Å². The summed E-state index contributed by atoms with van der Waals surface area (Å²) in [5, 5.41) is 0. The van der Waals surface area contributed by atoms with Crippen molar-refractivity contribution < 1.29 is 4.79 Å². The van der Waals surface area contributed by atoms with E-state index in [0.717, 1.165) is 17.8 Å². The summed E-state index contributed by atoms with van der Waals surface area (Å²) in [6, 6.07) is 4.58. The van der Waals surface area contributed by atoms with E-state index in [1.165, 1.54) is 24.3 Å². The summed E-state index contributed by atoms with van der Waals surface area (Å²) < 4.78 is 0. The summed E-state index contributed by atoms with van der Waals surface area (Å²) in [5.74, 6) is 0.264. The van der Waals surface area contributed by atoms with Crippen LogP contribution in [0.5, 0.6) is 0 Å². The third-order valence-corrected chi connectivity index (χ3v) is 5.17. The quantitative estimate of drug-likeness (QED) is 0.774. The number of hydrogen-bond donors (Lipinski definition) is 0. The second-order valence-electron chi connectivity index (χ2n) is 5.52. The van der Waals surface area contributed by atoms with Gasteiger partial charge in [-0.3, -0.25) is 9.69 Å². The Morgan fingerprint density at radius 2 is 2.32 bits per heavy atom. The Kier molecular flexibility index (Phi) is 5.13. The molecule has 0 aromatic carbocycles. The van der Waals surface area contributed by atoms with E-state index in [0.29, 0.717) is 12.6 Å². The normalized spacial score (nSPS) is 20.9. The monoisotopic (exact) mass is 280 g/mol.